The maximum atomic E-state index is 5.85. The van der Waals surface area contributed by atoms with Gasteiger partial charge in [-0.15, -0.1) is 0 Å². The van der Waals surface area contributed by atoms with E-state index in [0.717, 1.165) is 22.5 Å². The van der Waals surface area contributed by atoms with Gasteiger partial charge in [-0.05, 0) is 19.1 Å². The molecule has 0 aliphatic rings. The van der Waals surface area contributed by atoms with E-state index in [2.05, 4.69) is 10.2 Å². The van der Waals surface area contributed by atoms with Gasteiger partial charge in [0.2, 0.25) is 0 Å². The summed E-state index contributed by atoms with van der Waals surface area (Å²) in [4.78, 5) is 0. The summed E-state index contributed by atoms with van der Waals surface area (Å²) >= 11 is 0. The molecule has 1 aromatic heterocycles. The number of para-hydroxylation sites is 1. The fourth-order valence-corrected chi connectivity index (χ4v) is 1.38. The molecule has 0 fully saturated rings. The molecule has 0 unspecified atom stereocenters. The third-order valence-electron chi connectivity index (χ3n) is 2.05. The van der Waals surface area contributed by atoms with Gasteiger partial charge in [0.05, 0.1) is 11.9 Å². The van der Waals surface area contributed by atoms with Gasteiger partial charge in [0.25, 0.3) is 0 Å². The predicted octanol–water partition coefficient (Wildman–Crippen LogP) is 2.03. The van der Waals surface area contributed by atoms with Crippen molar-refractivity contribution in [2.45, 2.75) is 6.92 Å². The summed E-state index contributed by atoms with van der Waals surface area (Å²) < 4.78 is 0. The van der Waals surface area contributed by atoms with Crippen LogP contribution in [0.3, 0.4) is 0 Å². The van der Waals surface area contributed by atoms with Crippen LogP contribution in [0, 0.1) is 6.92 Å². The van der Waals surface area contributed by atoms with E-state index in [4.69, 9.17) is 5.73 Å². The number of hydrogen-bond donors (Lipinski definition) is 1. The van der Waals surface area contributed by atoms with Crippen molar-refractivity contribution in [1.82, 2.24) is 10.2 Å². The number of nitrogens with zero attached hydrogens (tertiary/aromatic N) is 2. The van der Waals surface area contributed by atoms with Gasteiger partial charge in [-0.2, -0.15) is 10.2 Å². The van der Waals surface area contributed by atoms with Crippen LogP contribution in [0.15, 0.2) is 36.5 Å². The van der Waals surface area contributed by atoms with Crippen LogP contribution in [0.4, 0.5) is 5.69 Å². The lowest BCUT2D eigenvalue weighted by Gasteiger charge is -2.04. The number of anilines is 1. The molecule has 3 heteroatoms. The first kappa shape index (κ1) is 8.69. The highest BCUT2D eigenvalue weighted by Gasteiger charge is 2.01. The number of rotatable bonds is 1. The summed E-state index contributed by atoms with van der Waals surface area (Å²) in [6.45, 7) is 1.91. The molecule has 0 bridgehead atoms. The molecule has 0 amide bonds. The molecule has 0 saturated carbocycles. The Labute approximate surface area is 82.6 Å². The molecule has 2 N–H and O–H groups in total. The van der Waals surface area contributed by atoms with Gasteiger partial charge in [-0.25, -0.2) is 0 Å². The number of aryl methyl sites for hydroxylation is 1. The lowest BCUT2D eigenvalue weighted by molar-refractivity contribution is 0.983. The summed E-state index contributed by atoms with van der Waals surface area (Å²) in [5.41, 5.74) is 9.53. The first-order valence-electron chi connectivity index (χ1n) is 4.41. The molecule has 0 radical (unpaired) electrons. The molecular formula is C11H11N3. The second-order valence-corrected chi connectivity index (χ2v) is 3.17. The van der Waals surface area contributed by atoms with E-state index in [9.17, 15) is 0 Å². The third-order valence-corrected chi connectivity index (χ3v) is 2.05. The van der Waals surface area contributed by atoms with E-state index >= 15 is 0 Å². The SMILES string of the molecule is Cc1cc(-c2ccccc2N)cnn1. The molecule has 0 atom stereocenters. The molecule has 2 rings (SSSR count). The summed E-state index contributed by atoms with van der Waals surface area (Å²) in [5.74, 6) is 0. The number of hydrogen-bond acceptors (Lipinski definition) is 3. The van der Waals surface area contributed by atoms with Crippen LogP contribution in [-0.2, 0) is 0 Å². The maximum absolute atomic E-state index is 5.85. The van der Waals surface area contributed by atoms with Gasteiger partial charge in [0.1, 0.15) is 0 Å². The zero-order valence-electron chi connectivity index (χ0n) is 7.94. The number of nitrogen functional groups attached to an aromatic ring is 1. The molecule has 0 aliphatic carbocycles. The second kappa shape index (κ2) is 3.46. The summed E-state index contributed by atoms with van der Waals surface area (Å²) in [6, 6.07) is 9.71. The topological polar surface area (TPSA) is 51.8 Å². The van der Waals surface area contributed by atoms with E-state index in [1.165, 1.54) is 0 Å². The van der Waals surface area contributed by atoms with Gasteiger partial charge in [0.15, 0.2) is 0 Å². The standard InChI is InChI=1S/C11H11N3/c1-8-6-9(7-13-14-8)10-4-2-3-5-11(10)12/h2-7H,12H2,1H3. The lowest BCUT2D eigenvalue weighted by Crippen LogP contribution is -1.92. The van der Waals surface area contributed by atoms with Crippen molar-refractivity contribution in [3.05, 3.63) is 42.2 Å². The molecule has 0 spiro atoms. The largest absolute Gasteiger partial charge is 0.398 e. The van der Waals surface area contributed by atoms with E-state index in [-0.39, 0.29) is 0 Å². The van der Waals surface area contributed by atoms with Crippen LogP contribution in [0.2, 0.25) is 0 Å². The van der Waals surface area contributed by atoms with Crippen molar-refractivity contribution in [2.24, 2.45) is 0 Å². The minimum atomic E-state index is 0.764. The van der Waals surface area contributed by atoms with Crippen molar-refractivity contribution in [1.29, 1.82) is 0 Å². The quantitative estimate of drug-likeness (QED) is 0.691. The normalized spacial score (nSPS) is 10.1. The number of aromatic nitrogens is 2. The smallest absolute Gasteiger partial charge is 0.0606 e. The van der Waals surface area contributed by atoms with Crippen molar-refractivity contribution in [3.8, 4) is 11.1 Å². The van der Waals surface area contributed by atoms with Gasteiger partial charge >= 0.3 is 0 Å². The molecule has 2 aromatic rings. The van der Waals surface area contributed by atoms with Crippen molar-refractivity contribution in [2.75, 3.05) is 5.73 Å². The maximum Gasteiger partial charge on any atom is 0.0606 e. The summed E-state index contributed by atoms with van der Waals surface area (Å²) in [7, 11) is 0. The Morgan fingerprint density at radius 1 is 1.21 bits per heavy atom. The number of nitrogens with two attached hydrogens (primary N) is 1. The summed E-state index contributed by atoms with van der Waals surface area (Å²) in [6.07, 6.45) is 1.72. The molecule has 1 aromatic carbocycles. The Hall–Kier alpha value is -1.90. The predicted molar refractivity (Wildman–Crippen MR) is 56.6 cm³/mol. The molecule has 0 aliphatic heterocycles. The Bertz CT molecular complexity index is 452. The molecule has 1 heterocycles. The molecule has 70 valence electrons. The van der Waals surface area contributed by atoms with Gasteiger partial charge in [-0.1, -0.05) is 18.2 Å². The van der Waals surface area contributed by atoms with Crippen molar-refractivity contribution < 1.29 is 0 Å². The minimum absolute atomic E-state index is 0.764. The fourth-order valence-electron chi connectivity index (χ4n) is 1.38. The van der Waals surface area contributed by atoms with Gasteiger partial charge in [0, 0.05) is 16.8 Å². The van der Waals surface area contributed by atoms with Crippen molar-refractivity contribution in [3.63, 3.8) is 0 Å². The second-order valence-electron chi connectivity index (χ2n) is 3.17. The van der Waals surface area contributed by atoms with Crippen molar-refractivity contribution >= 4 is 5.69 Å². The Morgan fingerprint density at radius 3 is 2.71 bits per heavy atom. The van der Waals surface area contributed by atoms with Crippen LogP contribution in [0.5, 0.6) is 0 Å². The molecular weight excluding hydrogens is 174 g/mol. The van der Waals surface area contributed by atoms with Crippen LogP contribution in [-0.4, -0.2) is 10.2 Å². The van der Waals surface area contributed by atoms with E-state index in [1.54, 1.807) is 6.20 Å². The summed E-state index contributed by atoms with van der Waals surface area (Å²) in [5, 5.41) is 7.80. The van der Waals surface area contributed by atoms with Gasteiger partial charge < -0.3 is 5.73 Å². The molecule has 0 saturated heterocycles. The van der Waals surface area contributed by atoms with Crippen LogP contribution in [0.25, 0.3) is 11.1 Å². The fraction of sp³-hybridized carbons (Fsp3) is 0.0909. The molecule has 3 nitrogen and oxygen atoms in total. The highest BCUT2D eigenvalue weighted by Crippen LogP contribution is 2.24. The Kier molecular flexibility index (Phi) is 2.14. The van der Waals surface area contributed by atoms with Crippen LogP contribution < -0.4 is 5.73 Å². The minimum Gasteiger partial charge on any atom is -0.398 e. The van der Waals surface area contributed by atoms with Gasteiger partial charge in [-0.3, -0.25) is 0 Å². The average molecular weight is 185 g/mol. The van der Waals surface area contributed by atoms with E-state index in [1.807, 2.05) is 37.3 Å². The zero-order chi connectivity index (χ0) is 9.97. The zero-order valence-corrected chi connectivity index (χ0v) is 7.94. The highest BCUT2D eigenvalue weighted by atomic mass is 15.1. The first-order chi connectivity index (χ1) is 6.77. The van der Waals surface area contributed by atoms with Crippen LogP contribution in [0.1, 0.15) is 5.69 Å². The van der Waals surface area contributed by atoms with Crippen LogP contribution >= 0.6 is 0 Å². The highest BCUT2D eigenvalue weighted by molar-refractivity contribution is 5.75. The number of benzene rings is 1. The molecule has 14 heavy (non-hydrogen) atoms. The average Bonchev–Trinajstić information content (AvgIpc) is 2.18. The third kappa shape index (κ3) is 1.57. The first-order valence-corrected chi connectivity index (χ1v) is 4.41. The Morgan fingerprint density at radius 2 is 2.00 bits per heavy atom. The Balaban J connectivity index is 2.55. The van der Waals surface area contributed by atoms with E-state index in [0.29, 0.717) is 0 Å². The van der Waals surface area contributed by atoms with E-state index < -0.39 is 0 Å². The monoisotopic (exact) mass is 185 g/mol. The lowest BCUT2D eigenvalue weighted by atomic mass is 10.1.